The summed E-state index contributed by atoms with van der Waals surface area (Å²) in [5, 5.41) is 8.79. The number of aliphatic hydroxyl groups excluding tert-OH is 1. The first-order valence-corrected chi connectivity index (χ1v) is 6.34. The van der Waals surface area contributed by atoms with Gasteiger partial charge >= 0.3 is 0 Å². The van der Waals surface area contributed by atoms with Gasteiger partial charge < -0.3 is 15.7 Å². The highest BCUT2D eigenvalue weighted by Crippen LogP contribution is 2.24. The van der Waals surface area contributed by atoms with E-state index in [2.05, 4.69) is 0 Å². The lowest BCUT2D eigenvalue weighted by atomic mass is 9.85. The minimum absolute atomic E-state index is 0.113. The van der Waals surface area contributed by atoms with Gasteiger partial charge in [-0.1, -0.05) is 6.42 Å². The molecule has 2 atom stereocenters. The molecule has 2 unspecified atom stereocenters. The maximum Gasteiger partial charge on any atom is 0.225 e. The molecular weight excluding hydrogens is 204 g/mol. The first-order valence-electron chi connectivity index (χ1n) is 6.34. The Hall–Kier alpha value is -0.610. The molecule has 1 amide bonds. The lowest BCUT2D eigenvalue weighted by Gasteiger charge is -2.30. The SMILES string of the molecule is CCN(CCCO)C(=O)C1CCCC(N)C1. The van der Waals surface area contributed by atoms with E-state index in [0.29, 0.717) is 13.0 Å². The fraction of sp³-hybridized carbons (Fsp3) is 0.917. The standard InChI is InChI=1S/C12H24N2O2/c1-2-14(7-4-8-15)12(16)10-5-3-6-11(13)9-10/h10-11,15H,2-9,13H2,1H3. The summed E-state index contributed by atoms with van der Waals surface area (Å²) in [4.78, 5) is 14.0. The van der Waals surface area contributed by atoms with Gasteiger partial charge in [-0.05, 0) is 32.6 Å². The lowest BCUT2D eigenvalue weighted by molar-refractivity contribution is -0.136. The smallest absolute Gasteiger partial charge is 0.225 e. The van der Waals surface area contributed by atoms with Crippen LogP contribution in [0.5, 0.6) is 0 Å². The van der Waals surface area contributed by atoms with E-state index in [9.17, 15) is 4.79 Å². The van der Waals surface area contributed by atoms with E-state index in [0.717, 1.165) is 32.2 Å². The summed E-state index contributed by atoms with van der Waals surface area (Å²) in [6, 6.07) is 0.194. The van der Waals surface area contributed by atoms with E-state index in [1.165, 1.54) is 0 Å². The molecule has 0 bridgehead atoms. The van der Waals surface area contributed by atoms with Gasteiger partial charge in [0.05, 0.1) is 0 Å². The first-order chi connectivity index (χ1) is 7.69. The predicted octanol–water partition coefficient (Wildman–Crippen LogP) is 0.735. The maximum atomic E-state index is 12.2. The molecule has 3 N–H and O–H groups in total. The zero-order valence-corrected chi connectivity index (χ0v) is 10.2. The third kappa shape index (κ3) is 3.76. The molecule has 16 heavy (non-hydrogen) atoms. The van der Waals surface area contributed by atoms with E-state index < -0.39 is 0 Å². The van der Waals surface area contributed by atoms with E-state index in [4.69, 9.17) is 10.8 Å². The van der Waals surface area contributed by atoms with Crippen molar-refractivity contribution < 1.29 is 9.90 Å². The Morgan fingerprint density at radius 2 is 2.25 bits per heavy atom. The third-order valence-corrected chi connectivity index (χ3v) is 3.34. The fourth-order valence-electron chi connectivity index (χ4n) is 2.40. The third-order valence-electron chi connectivity index (χ3n) is 3.34. The Kier molecular flexibility index (Phi) is 5.77. The molecule has 4 nitrogen and oxygen atoms in total. The van der Waals surface area contributed by atoms with E-state index >= 15 is 0 Å². The lowest BCUT2D eigenvalue weighted by Crippen LogP contribution is -2.41. The average Bonchev–Trinajstić information content (AvgIpc) is 2.29. The monoisotopic (exact) mass is 228 g/mol. The Balaban J connectivity index is 2.46. The molecule has 0 aromatic carbocycles. The predicted molar refractivity (Wildman–Crippen MR) is 63.9 cm³/mol. The molecule has 94 valence electrons. The Morgan fingerprint density at radius 3 is 2.81 bits per heavy atom. The normalized spacial score (nSPS) is 25.4. The molecule has 1 rings (SSSR count). The van der Waals surface area contributed by atoms with Gasteiger partial charge in [0.1, 0.15) is 0 Å². The van der Waals surface area contributed by atoms with E-state index in [-0.39, 0.29) is 24.5 Å². The summed E-state index contributed by atoms with van der Waals surface area (Å²) >= 11 is 0. The summed E-state index contributed by atoms with van der Waals surface area (Å²) in [6.07, 6.45) is 4.58. The summed E-state index contributed by atoms with van der Waals surface area (Å²) in [5.41, 5.74) is 5.89. The first kappa shape index (κ1) is 13.5. The molecule has 0 spiro atoms. The van der Waals surface area contributed by atoms with Crippen LogP contribution < -0.4 is 5.73 Å². The van der Waals surface area contributed by atoms with Gasteiger partial charge in [0.2, 0.25) is 5.91 Å². The van der Waals surface area contributed by atoms with Crippen molar-refractivity contribution >= 4 is 5.91 Å². The summed E-state index contributed by atoms with van der Waals surface area (Å²) < 4.78 is 0. The Bertz CT molecular complexity index is 221. The van der Waals surface area contributed by atoms with Crippen LogP contribution in [0.25, 0.3) is 0 Å². The molecule has 1 aliphatic carbocycles. The minimum atomic E-state index is 0.113. The number of nitrogens with two attached hydrogens (primary N) is 1. The molecule has 0 aliphatic heterocycles. The second-order valence-corrected chi connectivity index (χ2v) is 4.62. The van der Waals surface area contributed by atoms with Crippen molar-refractivity contribution in [2.75, 3.05) is 19.7 Å². The Labute approximate surface area is 97.8 Å². The van der Waals surface area contributed by atoms with Crippen molar-refractivity contribution in [1.29, 1.82) is 0 Å². The molecule has 1 aliphatic rings. The number of nitrogens with zero attached hydrogens (tertiary/aromatic N) is 1. The number of amides is 1. The van der Waals surface area contributed by atoms with Crippen LogP contribution in [0, 0.1) is 5.92 Å². The zero-order chi connectivity index (χ0) is 12.0. The van der Waals surface area contributed by atoms with Crippen LogP contribution in [0.1, 0.15) is 39.0 Å². The van der Waals surface area contributed by atoms with Crippen LogP contribution in [0.3, 0.4) is 0 Å². The van der Waals surface area contributed by atoms with Gasteiger partial charge in [-0.25, -0.2) is 0 Å². The molecule has 4 heteroatoms. The summed E-state index contributed by atoms with van der Waals surface area (Å²) in [5.74, 6) is 0.341. The van der Waals surface area contributed by atoms with Crippen LogP contribution in [-0.4, -0.2) is 41.7 Å². The van der Waals surface area contributed by atoms with Crippen molar-refractivity contribution in [3.8, 4) is 0 Å². The highest BCUT2D eigenvalue weighted by molar-refractivity contribution is 5.79. The van der Waals surface area contributed by atoms with Gasteiger partial charge in [-0.15, -0.1) is 0 Å². The summed E-state index contributed by atoms with van der Waals surface area (Å²) in [6.45, 7) is 3.52. The van der Waals surface area contributed by atoms with E-state index in [1.54, 1.807) is 0 Å². The van der Waals surface area contributed by atoms with Gasteiger partial charge in [0.15, 0.2) is 0 Å². The van der Waals surface area contributed by atoms with Gasteiger partial charge in [0.25, 0.3) is 0 Å². The van der Waals surface area contributed by atoms with Crippen molar-refractivity contribution in [3.63, 3.8) is 0 Å². The number of rotatable bonds is 5. The number of carbonyl (C=O) groups excluding carboxylic acids is 1. The van der Waals surface area contributed by atoms with Crippen molar-refractivity contribution in [3.05, 3.63) is 0 Å². The quantitative estimate of drug-likeness (QED) is 0.729. The summed E-state index contributed by atoms with van der Waals surface area (Å²) in [7, 11) is 0. The number of carbonyl (C=O) groups is 1. The molecular formula is C12H24N2O2. The largest absolute Gasteiger partial charge is 0.396 e. The van der Waals surface area contributed by atoms with Crippen LogP contribution in [-0.2, 0) is 4.79 Å². The van der Waals surface area contributed by atoms with Gasteiger partial charge in [0, 0.05) is 31.7 Å². The zero-order valence-electron chi connectivity index (χ0n) is 10.2. The van der Waals surface area contributed by atoms with Crippen molar-refractivity contribution in [1.82, 2.24) is 4.90 Å². The van der Waals surface area contributed by atoms with E-state index in [1.807, 2.05) is 11.8 Å². The van der Waals surface area contributed by atoms with Crippen molar-refractivity contribution in [2.24, 2.45) is 11.7 Å². The second-order valence-electron chi connectivity index (χ2n) is 4.62. The average molecular weight is 228 g/mol. The molecule has 0 aromatic heterocycles. The van der Waals surface area contributed by atoms with Crippen LogP contribution in [0.4, 0.5) is 0 Å². The van der Waals surface area contributed by atoms with Crippen LogP contribution in [0.15, 0.2) is 0 Å². The van der Waals surface area contributed by atoms with Gasteiger partial charge in [-0.2, -0.15) is 0 Å². The molecule has 0 saturated heterocycles. The second kappa shape index (κ2) is 6.86. The van der Waals surface area contributed by atoms with Crippen LogP contribution >= 0.6 is 0 Å². The highest BCUT2D eigenvalue weighted by atomic mass is 16.3. The molecule has 1 fully saturated rings. The number of hydrogen-bond donors (Lipinski definition) is 2. The Morgan fingerprint density at radius 1 is 1.50 bits per heavy atom. The maximum absolute atomic E-state index is 12.2. The van der Waals surface area contributed by atoms with Crippen molar-refractivity contribution in [2.45, 2.75) is 45.1 Å². The minimum Gasteiger partial charge on any atom is -0.396 e. The topological polar surface area (TPSA) is 66.6 Å². The van der Waals surface area contributed by atoms with Gasteiger partial charge in [-0.3, -0.25) is 4.79 Å². The highest BCUT2D eigenvalue weighted by Gasteiger charge is 2.27. The van der Waals surface area contributed by atoms with Crippen LogP contribution in [0.2, 0.25) is 0 Å². The number of aliphatic hydroxyl groups is 1. The molecule has 0 aromatic rings. The number of hydrogen-bond acceptors (Lipinski definition) is 3. The fourth-order valence-corrected chi connectivity index (χ4v) is 2.40. The molecule has 1 saturated carbocycles. The molecule has 0 heterocycles. The molecule has 0 radical (unpaired) electrons.